The molecular weight excluding hydrogens is 274 g/mol. The summed E-state index contributed by atoms with van der Waals surface area (Å²) >= 11 is 1.90. The van der Waals surface area contributed by atoms with Crippen molar-refractivity contribution in [2.24, 2.45) is 0 Å². The average Bonchev–Trinajstić information content (AvgIpc) is 2.79. The second-order valence-electron chi connectivity index (χ2n) is 6.34. The number of aryl methyl sites for hydroxylation is 2. The molecule has 2 aromatic rings. The molecule has 1 atom stereocenters. The lowest BCUT2D eigenvalue weighted by atomic mass is 9.75. The van der Waals surface area contributed by atoms with Crippen LogP contribution in [-0.4, -0.2) is 6.54 Å². The van der Waals surface area contributed by atoms with Crippen molar-refractivity contribution in [2.45, 2.75) is 52.5 Å². The van der Waals surface area contributed by atoms with Gasteiger partial charge >= 0.3 is 0 Å². The van der Waals surface area contributed by atoms with Crippen molar-refractivity contribution in [3.63, 3.8) is 0 Å². The Kier molecular flexibility index (Phi) is 5.23. The maximum atomic E-state index is 3.79. The van der Waals surface area contributed by atoms with Crippen LogP contribution < -0.4 is 5.32 Å². The first-order chi connectivity index (χ1) is 9.96. The van der Waals surface area contributed by atoms with Crippen LogP contribution in [0.1, 0.15) is 54.1 Å². The molecule has 21 heavy (non-hydrogen) atoms. The van der Waals surface area contributed by atoms with E-state index in [2.05, 4.69) is 76.3 Å². The van der Waals surface area contributed by atoms with E-state index in [9.17, 15) is 0 Å². The van der Waals surface area contributed by atoms with E-state index in [4.69, 9.17) is 0 Å². The van der Waals surface area contributed by atoms with Gasteiger partial charge in [0.1, 0.15) is 0 Å². The van der Waals surface area contributed by atoms with E-state index < -0.39 is 0 Å². The molecule has 0 saturated carbocycles. The van der Waals surface area contributed by atoms with Gasteiger partial charge in [0, 0.05) is 21.2 Å². The normalized spacial score (nSPS) is 13.4. The molecule has 1 heterocycles. The number of hydrogen-bond donors (Lipinski definition) is 1. The molecular formula is C19H27NS. The fourth-order valence-electron chi connectivity index (χ4n) is 3.01. The second-order valence-corrected chi connectivity index (χ2v) is 7.80. The van der Waals surface area contributed by atoms with Crippen molar-refractivity contribution < 1.29 is 0 Å². The molecule has 0 aliphatic carbocycles. The molecule has 1 nitrogen and oxygen atoms in total. The molecule has 0 aliphatic rings. The van der Waals surface area contributed by atoms with E-state index in [-0.39, 0.29) is 5.41 Å². The van der Waals surface area contributed by atoms with Gasteiger partial charge in [-0.25, -0.2) is 0 Å². The Morgan fingerprint density at radius 1 is 1.14 bits per heavy atom. The second kappa shape index (κ2) is 6.76. The van der Waals surface area contributed by atoms with Crippen LogP contribution in [0.3, 0.4) is 0 Å². The quantitative estimate of drug-likeness (QED) is 0.755. The van der Waals surface area contributed by atoms with Gasteiger partial charge in [-0.15, -0.1) is 11.3 Å². The smallest absolute Gasteiger partial charge is 0.0423 e. The van der Waals surface area contributed by atoms with Gasteiger partial charge in [-0.2, -0.15) is 0 Å². The van der Waals surface area contributed by atoms with Crippen LogP contribution in [0.5, 0.6) is 0 Å². The van der Waals surface area contributed by atoms with Gasteiger partial charge in [0.25, 0.3) is 0 Å². The number of thiophene rings is 1. The summed E-state index contributed by atoms with van der Waals surface area (Å²) in [6.07, 6.45) is 1.16. The summed E-state index contributed by atoms with van der Waals surface area (Å²) in [7, 11) is 0. The minimum absolute atomic E-state index is 0.0642. The third kappa shape index (κ3) is 3.56. The summed E-state index contributed by atoms with van der Waals surface area (Å²) in [5.41, 5.74) is 2.91. The number of rotatable bonds is 6. The molecule has 1 N–H and O–H groups in total. The van der Waals surface area contributed by atoms with E-state index in [0.717, 1.165) is 13.0 Å². The first-order valence-electron chi connectivity index (χ1n) is 7.82. The third-order valence-electron chi connectivity index (χ3n) is 4.23. The molecule has 114 valence electrons. The van der Waals surface area contributed by atoms with Crippen molar-refractivity contribution in [3.8, 4) is 0 Å². The highest BCUT2D eigenvalue weighted by Crippen LogP contribution is 2.40. The number of benzene rings is 1. The van der Waals surface area contributed by atoms with Crippen LogP contribution in [-0.2, 0) is 5.41 Å². The average molecular weight is 301 g/mol. The van der Waals surface area contributed by atoms with Crippen molar-refractivity contribution in [2.75, 3.05) is 6.54 Å². The van der Waals surface area contributed by atoms with Gasteiger partial charge in [0.05, 0.1) is 0 Å². The predicted octanol–water partition coefficient (Wildman–Crippen LogP) is 5.38. The Morgan fingerprint density at radius 2 is 1.81 bits per heavy atom. The lowest BCUT2D eigenvalue weighted by Gasteiger charge is -2.36. The Hall–Kier alpha value is -1.12. The lowest BCUT2D eigenvalue weighted by Crippen LogP contribution is -2.38. The van der Waals surface area contributed by atoms with Gasteiger partial charge in [0.15, 0.2) is 0 Å². The molecule has 0 saturated heterocycles. The molecule has 0 aliphatic heterocycles. The molecule has 0 amide bonds. The molecule has 2 heteroatoms. The fraction of sp³-hybridized carbons (Fsp3) is 0.474. The van der Waals surface area contributed by atoms with Gasteiger partial charge in [-0.1, -0.05) is 51.1 Å². The van der Waals surface area contributed by atoms with Gasteiger partial charge in [-0.3, -0.25) is 0 Å². The van der Waals surface area contributed by atoms with E-state index in [1.165, 1.54) is 20.9 Å². The number of nitrogens with one attached hydrogen (secondary N) is 1. The van der Waals surface area contributed by atoms with E-state index >= 15 is 0 Å². The lowest BCUT2D eigenvalue weighted by molar-refractivity contribution is 0.348. The Bertz CT molecular complexity index is 569. The van der Waals surface area contributed by atoms with Crippen LogP contribution in [0.15, 0.2) is 36.4 Å². The van der Waals surface area contributed by atoms with Crippen molar-refractivity contribution in [3.05, 3.63) is 57.3 Å². The topological polar surface area (TPSA) is 12.0 Å². The summed E-state index contributed by atoms with van der Waals surface area (Å²) in [5, 5.41) is 3.79. The molecule has 2 rings (SSSR count). The summed E-state index contributed by atoms with van der Waals surface area (Å²) in [6, 6.07) is 13.6. The predicted molar refractivity (Wildman–Crippen MR) is 94.3 cm³/mol. The maximum Gasteiger partial charge on any atom is 0.0423 e. The van der Waals surface area contributed by atoms with Crippen LogP contribution in [0.25, 0.3) is 0 Å². The standard InChI is InChI=1S/C19H27NS/c1-6-12-20-18(17-13-14(2)21-15(17)3)19(4,5)16-10-8-7-9-11-16/h7-11,13,18,20H,6,12H2,1-5H3. The summed E-state index contributed by atoms with van der Waals surface area (Å²) < 4.78 is 0. The summed E-state index contributed by atoms with van der Waals surface area (Å²) in [6.45, 7) is 12.4. The van der Waals surface area contributed by atoms with Crippen molar-refractivity contribution in [1.82, 2.24) is 5.32 Å². The van der Waals surface area contributed by atoms with Gasteiger partial charge < -0.3 is 5.32 Å². The first kappa shape index (κ1) is 16.3. The Morgan fingerprint density at radius 3 is 2.33 bits per heavy atom. The third-order valence-corrected chi connectivity index (χ3v) is 5.21. The Labute approximate surface area is 133 Å². The van der Waals surface area contributed by atoms with Crippen LogP contribution in [0, 0.1) is 13.8 Å². The first-order valence-corrected chi connectivity index (χ1v) is 8.64. The summed E-state index contributed by atoms with van der Waals surface area (Å²) in [5.74, 6) is 0. The molecule has 1 aromatic heterocycles. The Balaban J connectivity index is 2.42. The maximum absolute atomic E-state index is 3.79. The minimum Gasteiger partial charge on any atom is -0.309 e. The minimum atomic E-state index is 0.0642. The number of hydrogen-bond acceptors (Lipinski definition) is 2. The molecule has 0 fully saturated rings. The molecule has 1 unspecified atom stereocenters. The highest BCUT2D eigenvalue weighted by Gasteiger charge is 2.33. The highest BCUT2D eigenvalue weighted by atomic mass is 32.1. The zero-order valence-corrected chi connectivity index (χ0v) is 14.7. The van der Waals surface area contributed by atoms with Crippen molar-refractivity contribution in [1.29, 1.82) is 0 Å². The molecule has 0 radical (unpaired) electrons. The molecule has 0 spiro atoms. The molecule has 0 bridgehead atoms. The molecule has 1 aromatic carbocycles. The monoisotopic (exact) mass is 301 g/mol. The van der Waals surface area contributed by atoms with E-state index in [0.29, 0.717) is 6.04 Å². The van der Waals surface area contributed by atoms with E-state index in [1.807, 2.05) is 11.3 Å². The zero-order valence-electron chi connectivity index (χ0n) is 13.9. The van der Waals surface area contributed by atoms with Gasteiger partial charge in [0.2, 0.25) is 0 Å². The van der Waals surface area contributed by atoms with E-state index in [1.54, 1.807) is 0 Å². The largest absolute Gasteiger partial charge is 0.309 e. The van der Waals surface area contributed by atoms with Gasteiger partial charge in [-0.05, 0) is 44.0 Å². The highest BCUT2D eigenvalue weighted by molar-refractivity contribution is 7.12. The van der Waals surface area contributed by atoms with Crippen molar-refractivity contribution >= 4 is 11.3 Å². The van der Waals surface area contributed by atoms with Crippen LogP contribution >= 0.6 is 11.3 Å². The van der Waals surface area contributed by atoms with Crippen LogP contribution in [0.2, 0.25) is 0 Å². The van der Waals surface area contributed by atoms with Crippen LogP contribution in [0.4, 0.5) is 0 Å². The fourth-order valence-corrected chi connectivity index (χ4v) is 3.98. The SMILES string of the molecule is CCCNC(c1cc(C)sc1C)C(C)(C)c1ccccc1. The summed E-state index contributed by atoms with van der Waals surface area (Å²) in [4.78, 5) is 2.83. The zero-order chi connectivity index (χ0) is 15.5.